The molecule has 0 radical (unpaired) electrons. The van der Waals surface area contributed by atoms with Crippen LogP contribution in [0.15, 0.2) is 30.3 Å². The Hall–Kier alpha value is -1.88. The first-order chi connectivity index (χ1) is 11.0. The molecule has 0 spiro atoms. The summed E-state index contributed by atoms with van der Waals surface area (Å²) in [6, 6.07) is 9.83. The number of piperidine rings is 1. The second-order valence-electron chi connectivity index (χ2n) is 6.80. The first kappa shape index (κ1) is 16.0. The maximum Gasteiger partial charge on any atom is 0.313 e. The molecule has 2 aliphatic rings. The van der Waals surface area contributed by atoms with E-state index >= 15 is 0 Å². The van der Waals surface area contributed by atoms with E-state index in [1.807, 2.05) is 30.3 Å². The van der Waals surface area contributed by atoms with Crippen molar-refractivity contribution in [1.29, 1.82) is 0 Å². The molecule has 1 saturated carbocycles. The second-order valence-corrected chi connectivity index (χ2v) is 6.80. The molecular weight excluding hydrogens is 294 g/mol. The summed E-state index contributed by atoms with van der Waals surface area (Å²) in [5, 5.41) is 9.64. The lowest BCUT2D eigenvalue weighted by atomic mass is 9.79. The van der Waals surface area contributed by atoms with Crippen LogP contribution in [0.4, 0.5) is 0 Å². The highest BCUT2D eigenvalue weighted by atomic mass is 16.5. The molecule has 1 unspecified atom stereocenters. The third kappa shape index (κ3) is 2.74. The van der Waals surface area contributed by atoms with Crippen LogP contribution in [-0.2, 0) is 19.7 Å². The van der Waals surface area contributed by atoms with Gasteiger partial charge in [-0.3, -0.25) is 9.59 Å². The first-order valence-corrected chi connectivity index (χ1v) is 8.11. The Morgan fingerprint density at radius 1 is 1.22 bits per heavy atom. The topological polar surface area (TPSA) is 66.8 Å². The minimum Gasteiger partial charge on any atom is -0.481 e. The van der Waals surface area contributed by atoms with E-state index in [9.17, 15) is 14.7 Å². The molecule has 5 nitrogen and oxygen atoms in total. The van der Waals surface area contributed by atoms with Crippen LogP contribution in [0.2, 0.25) is 0 Å². The Morgan fingerprint density at radius 2 is 1.91 bits per heavy atom. The maximum absolute atomic E-state index is 13.1. The SMILES string of the molecule is COCC1(C(=O)O)CCCN(C(=O)C2(c3ccccc3)CC2)C1. The summed E-state index contributed by atoms with van der Waals surface area (Å²) >= 11 is 0. The monoisotopic (exact) mass is 317 g/mol. The quantitative estimate of drug-likeness (QED) is 0.902. The molecule has 1 atom stereocenters. The van der Waals surface area contributed by atoms with E-state index in [1.165, 1.54) is 7.11 Å². The van der Waals surface area contributed by atoms with Crippen molar-refractivity contribution in [2.45, 2.75) is 31.1 Å². The number of nitrogens with zero attached hydrogens (tertiary/aromatic N) is 1. The van der Waals surface area contributed by atoms with Gasteiger partial charge in [0.1, 0.15) is 5.41 Å². The number of methoxy groups -OCH3 is 1. The van der Waals surface area contributed by atoms with Crippen LogP contribution in [0.1, 0.15) is 31.2 Å². The highest BCUT2D eigenvalue weighted by molar-refractivity contribution is 5.92. The smallest absolute Gasteiger partial charge is 0.313 e. The van der Waals surface area contributed by atoms with Crippen LogP contribution >= 0.6 is 0 Å². The van der Waals surface area contributed by atoms with Crippen LogP contribution < -0.4 is 0 Å². The molecule has 23 heavy (non-hydrogen) atoms. The van der Waals surface area contributed by atoms with Gasteiger partial charge in [-0.2, -0.15) is 0 Å². The predicted molar refractivity (Wildman–Crippen MR) is 85.1 cm³/mol. The molecule has 5 heteroatoms. The fourth-order valence-electron chi connectivity index (χ4n) is 3.75. The lowest BCUT2D eigenvalue weighted by Crippen LogP contribution is -2.54. The minimum absolute atomic E-state index is 0.0742. The number of ether oxygens (including phenoxy) is 1. The molecule has 3 rings (SSSR count). The molecule has 1 saturated heterocycles. The molecule has 1 heterocycles. The number of carboxylic acids is 1. The van der Waals surface area contributed by atoms with Gasteiger partial charge in [0, 0.05) is 20.2 Å². The Bertz CT molecular complexity index is 592. The maximum atomic E-state index is 13.1. The van der Waals surface area contributed by atoms with Gasteiger partial charge in [-0.25, -0.2) is 0 Å². The fraction of sp³-hybridized carbons (Fsp3) is 0.556. The van der Waals surface area contributed by atoms with E-state index in [2.05, 4.69) is 0 Å². The zero-order valence-electron chi connectivity index (χ0n) is 13.5. The van der Waals surface area contributed by atoms with Crippen LogP contribution in [-0.4, -0.2) is 48.7 Å². The van der Waals surface area contributed by atoms with Gasteiger partial charge >= 0.3 is 5.97 Å². The van der Waals surface area contributed by atoms with Gasteiger partial charge < -0.3 is 14.7 Å². The summed E-state index contributed by atoms with van der Waals surface area (Å²) in [5.41, 5.74) is -0.367. The highest BCUT2D eigenvalue weighted by Gasteiger charge is 2.55. The molecule has 0 bridgehead atoms. The standard InChI is InChI=1S/C18H23NO4/c1-23-13-17(16(21)22)8-5-11-19(12-17)15(20)18(9-10-18)14-6-3-2-4-7-14/h2-4,6-7H,5,8-13H2,1H3,(H,21,22). The molecule has 1 aliphatic carbocycles. The number of carbonyl (C=O) groups excluding carboxylic acids is 1. The summed E-state index contributed by atoms with van der Waals surface area (Å²) in [7, 11) is 1.51. The number of hydrogen-bond acceptors (Lipinski definition) is 3. The van der Waals surface area contributed by atoms with Crippen molar-refractivity contribution in [3.8, 4) is 0 Å². The average Bonchev–Trinajstić information content (AvgIpc) is 3.37. The summed E-state index contributed by atoms with van der Waals surface area (Å²) < 4.78 is 5.14. The number of carbonyl (C=O) groups is 2. The zero-order valence-corrected chi connectivity index (χ0v) is 13.5. The van der Waals surface area contributed by atoms with Gasteiger partial charge in [-0.15, -0.1) is 0 Å². The van der Waals surface area contributed by atoms with E-state index in [0.717, 1.165) is 18.4 Å². The minimum atomic E-state index is -0.977. The largest absolute Gasteiger partial charge is 0.481 e. The van der Waals surface area contributed by atoms with Gasteiger partial charge in [0.25, 0.3) is 0 Å². The normalized spacial score (nSPS) is 25.9. The fourth-order valence-corrected chi connectivity index (χ4v) is 3.75. The van der Waals surface area contributed by atoms with E-state index < -0.39 is 16.8 Å². The van der Waals surface area contributed by atoms with Gasteiger partial charge in [0.05, 0.1) is 12.0 Å². The van der Waals surface area contributed by atoms with Gasteiger partial charge in [0.2, 0.25) is 5.91 Å². The van der Waals surface area contributed by atoms with E-state index in [4.69, 9.17) is 4.74 Å². The van der Waals surface area contributed by atoms with Gasteiger partial charge in [-0.05, 0) is 31.2 Å². The number of amides is 1. The van der Waals surface area contributed by atoms with Crippen LogP contribution in [0, 0.1) is 5.41 Å². The van der Waals surface area contributed by atoms with Crippen LogP contribution in [0.3, 0.4) is 0 Å². The average molecular weight is 317 g/mol. The number of carboxylic acid groups (broad SMARTS) is 1. The van der Waals surface area contributed by atoms with Crippen LogP contribution in [0.5, 0.6) is 0 Å². The van der Waals surface area contributed by atoms with Crippen LogP contribution in [0.25, 0.3) is 0 Å². The summed E-state index contributed by atoms with van der Waals surface area (Å²) in [4.78, 5) is 26.6. The molecule has 1 aromatic rings. The third-order valence-corrected chi connectivity index (χ3v) is 5.22. The molecule has 1 aliphatic heterocycles. The van der Waals surface area contributed by atoms with Crippen molar-refractivity contribution in [3.05, 3.63) is 35.9 Å². The van der Waals surface area contributed by atoms with Crippen molar-refractivity contribution in [2.24, 2.45) is 5.41 Å². The third-order valence-electron chi connectivity index (χ3n) is 5.22. The zero-order chi connectivity index (χ0) is 16.5. The molecule has 124 valence electrons. The van der Waals surface area contributed by atoms with Crippen molar-refractivity contribution in [2.75, 3.05) is 26.8 Å². The van der Waals surface area contributed by atoms with Gasteiger partial charge in [0.15, 0.2) is 0 Å². The Balaban J connectivity index is 1.81. The highest BCUT2D eigenvalue weighted by Crippen LogP contribution is 2.50. The van der Waals surface area contributed by atoms with E-state index in [1.54, 1.807) is 4.90 Å². The van der Waals surface area contributed by atoms with Crippen molar-refractivity contribution >= 4 is 11.9 Å². The second kappa shape index (κ2) is 5.96. The molecular formula is C18H23NO4. The Labute approximate surface area is 136 Å². The van der Waals surface area contributed by atoms with Crippen molar-refractivity contribution in [3.63, 3.8) is 0 Å². The number of likely N-dealkylation sites (tertiary alicyclic amines) is 1. The molecule has 1 N–H and O–H groups in total. The summed E-state index contributed by atoms with van der Waals surface area (Å²) in [6.45, 7) is 1.01. The molecule has 0 aromatic heterocycles. The molecule has 1 amide bonds. The van der Waals surface area contributed by atoms with E-state index in [0.29, 0.717) is 19.4 Å². The summed E-state index contributed by atoms with van der Waals surface area (Å²) in [5.74, 6) is -0.800. The first-order valence-electron chi connectivity index (χ1n) is 8.11. The van der Waals surface area contributed by atoms with E-state index in [-0.39, 0.29) is 19.1 Å². The lowest BCUT2D eigenvalue weighted by Gasteiger charge is -2.40. The lowest BCUT2D eigenvalue weighted by molar-refractivity contribution is -0.159. The predicted octanol–water partition coefficient (Wildman–Crippen LogP) is 2.06. The number of rotatable bonds is 5. The number of hydrogen-bond donors (Lipinski definition) is 1. The van der Waals surface area contributed by atoms with Crippen molar-refractivity contribution < 1.29 is 19.4 Å². The molecule has 1 aromatic carbocycles. The molecule has 2 fully saturated rings. The number of benzene rings is 1. The van der Waals surface area contributed by atoms with Gasteiger partial charge in [-0.1, -0.05) is 30.3 Å². The Morgan fingerprint density at radius 3 is 2.48 bits per heavy atom. The number of aliphatic carboxylic acids is 1. The Kier molecular flexibility index (Phi) is 4.15. The summed E-state index contributed by atoms with van der Waals surface area (Å²) in [6.07, 6.45) is 2.94. The van der Waals surface area contributed by atoms with Crippen molar-refractivity contribution in [1.82, 2.24) is 4.90 Å².